The highest BCUT2D eigenvalue weighted by Crippen LogP contribution is 2.11. The molecular weight excluding hydrogens is 176 g/mol. The molecule has 1 aromatic carbocycles. The molecule has 0 aliphatic rings. The molecule has 1 rings (SSSR count). The van der Waals surface area contributed by atoms with Crippen molar-refractivity contribution in [3.63, 3.8) is 0 Å². The van der Waals surface area contributed by atoms with Crippen molar-refractivity contribution in [1.29, 1.82) is 0 Å². The summed E-state index contributed by atoms with van der Waals surface area (Å²) in [6, 6.07) is 7.93. The van der Waals surface area contributed by atoms with Crippen LogP contribution < -0.4 is 4.74 Å². The van der Waals surface area contributed by atoms with E-state index >= 15 is 0 Å². The fraction of sp³-hybridized carbons (Fsp3) is 0.364. The molecule has 0 saturated carbocycles. The minimum atomic E-state index is 0.710. The highest BCUT2D eigenvalue weighted by Gasteiger charge is 1.91. The van der Waals surface area contributed by atoms with Crippen LogP contribution in [-0.4, -0.2) is 32.4 Å². The summed E-state index contributed by atoms with van der Waals surface area (Å²) in [5.41, 5.74) is 1.18. The number of methoxy groups -OCH3 is 1. The Balaban J connectivity index is 2.52. The fourth-order valence-corrected chi connectivity index (χ4v) is 1.04. The Labute approximate surface area is 85.0 Å². The Bertz CT molecular complexity index is 291. The molecule has 0 unspecified atom stereocenters. The van der Waals surface area contributed by atoms with Crippen molar-refractivity contribution in [1.82, 2.24) is 4.90 Å². The van der Waals surface area contributed by atoms with Gasteiger partial charge in [0.25, 0.3) is 0 Å². The largest absolute Gasteiger partial charge is 0.497 e. The number of ether oxygens (including phenoxy) is 1. The molecule has 0 N–H and O–H groups in total. The second kappa shape index (κ2) is 5.27. The van der Waals surface area contributed by atoms with E-state index in [1.165, 1.54) is 5.56 Å². The molecule has 1 aromatic rings. The van der Waals surface area contributed by atoms with Crippen molar-refractivity contribution in [3.8, 4) is 5.75 Å². The first kappa shape index (κ1) is 10.6. The third-order valence-electron chi connectivity index (χ3n) is 1.75. The number of rotatable bonds is 4. The number of nitrogens with zero attached hydrogens (tertiary/aromatic N) is 2. The molecule has 0 saturated heterocycles. The summed E-state index contributed by atoms with van der Waals surface area (Å²) in [5.74, 6) is 0.880. The highest BCUT2D eigenvalue weighted by atomic mass is 16.5. The zero-order valence-electron chi connectivity index (χ0n) is 8.90. The lowest BCUT2D eigenvalue weighted by Crippen LogP contribution is -2.07. The Hall–Kier alpha value is -1.51. The van der Waals surface area contributed by atoms with E-state index in [-0.39, 0.29) is 0 Å². The number of benzene rings is 1. The maximum Gasteiger partial charge on any atom is 0.118 e. The van der Waals surface area contributed by atoms with Crippen LogP contribution in [0.5, 0.6) is 5.75 Å². The van der Waals surface area contributed by atoms with E-state index in [4.69, 9.17) is 4.74 Å². The average Bonchev–Trinajstić information content (AvgIpc) is 2.18. The predicted octanol–water partition coefficient (Wildman–Crippen LogP) is 1.79. The standard InChI is InChI=1S/C11H16N2O/c1-13(2)9-12-8-10-4-6-11(14-3)7-5-10/h4-7,9H,8H2,1-3H3. The van der Waals surface area contributed by atoms with Crippen molar-refractivity contribution >= 4 is 6.34 Å². The van der Waals surface area contributed by atoms with Crippen LogP contribution in [0.15, 0.2) is 29.3 Å². The number of hydrogen-bond donors (Lipinski definition) is 0. The first-order valence-electron chi connectivity index (χ1n) is 4.51. The first-order valence-corrected chi connectivity index (χ1v) is 4.51. The Morgan fingerprint density at radius 3 is 2.43 bits per heavy atom. The third-order valence-corrected chi connectivity index (χ3v) is 1.75. The summed E-state index contributed by atoms with van der Waals surface area (Å²) < 4.78 is 5.07. The smallest absolute Gasteiger partial charge is 0.118 e. The van der Waals surface area contributed by atoms with Crippen LogP contribution in [0.1, 0.15) is 5.56 Å². The van der Waals surface area contributed by atoms with Crippen LogP contribution in [0.2, 0.25) is 0 Å². The first-order chi connectivity index (χ1) is 6.72. The van der Waals surface area contributed by atoms with Crippen LogP contribution in [-0.2, 0) is 6.54 Å². The average molecular weight is 192 g/mol. The SMILES string of the molecule is COc1ccc(CN=CN(C)C)cc1. The van der Waals surface area contributed by atoms with E-state index in [2.05, 4.69) is 4.99 Å². The summed E-state index contributed by atoms with van der Waals surface area (Å²) >= 11 is 0. The summed E-state index contributed by atoms with van der Waals surface area (Å²) in [6.45, 7) is 0.710. The third kappa shape index (κ3) is 3.47. The van der Waals surface area contributed by atoms with E-state index in [0.29, 0.717) is 6.54 Å². The monoisotopic (exact) mass is 192 g/mol. The van der Waals surface area contributed by atoms with E-state index in [1.807, 2.05) is 49.6 Å². The maximum atomic E-state index is 5.07. The van der Waals surface area contributed by atoms with Gasteiger partial charge in [-0.1, -0.05) is 12.1 Å². The molecule has 0 aliphatic heterocycles. The number of hydrogen-bond acceptors (Lipinski definition) is 2. The molecule has 0 aromatic heterocycles. The van der Waals surface area contributed by atoms with Crippen molar-refractivity contribution < 1.29 is 4.74 Å². The lowest BCUT2D eigenvalue weighted by atomic mass is 10.2. The van der Waals surface area contributed by atoms with Crippen LogP contribution >= 0.6 is 0 Å². The molecule has 14 heavy (non-hydrogen) atoms. The molecule has 0 bridgehead atoms. The van der Waals surface area contributed by atoms with Crippen molar-refractivity contribution in [2.75, 3.05) is 21.2 Å². The molecule has 0 radical (unpaired) electrons. The molecule has 3 heteroatoms. The number of aliphatic imine (C=N–C) groups is 1. The van der Waals surface area contributed by atoms with Crippen molar-refractivity contribution in [2.24, 2.45) is 4.99 Å². The molecule has 0 heterocycles. The zero-order valence-corrected chi connectivity index (χ0v) is 8.90. The molecular formula is C11H16N2O. The van der Waals surface area contributed by atoms with Crippen LogP contribution in [0.25, 0.3) is 0 Å². The van der Waals surface area contributed by atoms with Gasteiger partial charge < -0.3 is 9.64 Å². The van der Waals surface area contributed by atoms with Gasteiger partial charge in [-0.15, -0.1) is 0 Å². The summed E-state index contributed by atoms with van der Waals surface area (Å²) in [7, 11) is 5.58. The molecule has 0 aliphatic carbocycles. The minimum absolute atomic E-state index is 0.710. The van der Waals surface area contributed by atoms with Gasteiger partial charge in [-0.25, -0.2) is 0 Å². The van der Waals surface area contributed by atoms with E-state index < -0.39 is 0 Å². The maximum absolute atomic E-state index is 5.07. The summed E-state index contributed by atoms with van der Waals surface area (Å²) in [5, 5.41) is 0. The Morgan fingerprint density at radius 1 is 1.29 bits per heavy atom. The molecule has 3 nitrogen and oxygen atoms in total. The molecule has 0 fully saturated rings. The van der Waals surface area contributed by atoms with Gasteiger partial charge in [0.1, 0.15) is 5.75 Å². The zero-order chi connectivity index (χ0) is 10.4. The Morgan fingerprint density at radius 2 is 1.93 bits per heavy atom. The molecule has 76 valence electrons. The highest BCUT2D eigenvalue weighted by molar-refractivity contribution is 5.53. The second-order valence-electron chi connectivity index (χ2n) is 3.27. The van der Waals surface area contributed by atoms with Gasteiger partial charge in [0.15, 0.2) is 0 Å². The predicted molar refractivity (Wildman–Crippen MR) is 58.9 cm³/mol. The van der Waals surface area contributed by atoms with Crippen LogP contribution in [0.3, 0.4) is 0 Å². The topological polar surface area (TPSA) is 24.8 Å². The van der Waals surface area contributed by atoms with Gasteiger partial charge in [-0.2, -0.15) is 0 Å². The molecule has 0 spiro atoms. The molecule has 0 atom stereocenters. The summed E-state index contributed by atoms with van der Waals surface area (Å²) in [4.78, 5) is 6.18. The van der Waals surface area contributed by atoms with Gasteiger partial charge >= 0.3 is 0 Å². The van der Waals surface area contributed by atoms with Crippen molar-refractivity contribution in [3.05, 3.63) is 29.8 Å². The minimum Gasteiger partial charge on any atom is -0.497 e. The van der Waals surface area contributed by atoms with Gasteiger partial charge in [0, 0.05) is 14.1 Å². The lowest BCUT2D eigenvalue weighted by molar-refractivity contribution is 0.414. The van der Waals surface area contributed by atoms with Crippen LogP contribution in [0.4, 0.5) is 0 Å². The van der Waals surface area contributed by atoms with E-state index in [9.17, 15) is 0 Å². The lowest BCUT2D eigenvalue weighted by Gasteiger charge is -2.03. The van der Waals surface area contributed by atoms with Gasteiger partial charge in [0.2, 0.25) is 0 Å². The second-order valence-corrected chi connectivity index (χ2v) is 3.27. The molecule has 0 amide bonds. The fourth-order valence-electron chi connectivity index (χ4n) is 1.04. The quantitative estimate of drug-likeness (QED) is 0.536. The van der Waals surface area contributed by atoms with Gasteiger partial charge in [-0.05, 0) is 17.7 Å². The van der Waals surface area contributed by atoms with Crippen LogP contribution in [0, 0.1) is 0 Å². The summed E-state index contributed by atoms with van der Waals surface area (Å²) in [6.07, 6.45) is 1.81. The Kier molecular flexibility index (Phi) is 3.98. The van der Waals surface area contributed by atoms with E-state index in [1.54, 1.807) is 7.11 Å². The normalized spacial score (nSPS) is 10.5. The van der Waals surface area contributed by atoms with Gasteiger partial charge in [0.05, 0.1) is 20.0 Å². The van der Waals surface area contributed by atoms with Gasteiger partial charge in [-0.3, -0.25) is 4.99 Å². The van der Waals surface area contributed by atoms with Crippen molar-refractivity contribution in [2.45, 2.75) is 6.54 Å². The van der Waals surface area contributed by atoms with E-state index in [0.717, 1.165) is 5.75 Å².